The monoisotopic (exact) mass is 218 g/mol. The van der Waals surface area contributed by atoms with Crippen molar-refractivity contribution in [2.24, 2.45) is 0 Å². The highest BCUT2D eigenvalue weighted by Crippen LogP contribution is 2.27. The summed E-state index contributed by atoms with van der Waals surface area (Å²) < 4.78 is 18.3. The molecule has 80 valence electrons. The number of fused-ring (bicyclic) bond motifs is 1. The summed E-state index contributed by atoms with van der Waals surface area (Å²) in [6.45, 7) is 0. The number of rotatable bonds is 1. The summed E-state index contributed by atoms with van der Waals surface area (Å²) in [5.74, 6) is 0.328. The van der Waals surface area contributed by atoms with Crippen molar-refractivity contribution < 1.29 is 8.81 Å². The summed E-state index contributed by atoms with van der Waals surface area (Å²) in [5.41, 5.74) is 7.16. The lowest BCUT2D eigenvalue weighted by Gasteiger charge is -1.89. The molecule has 3 aromatic rings. The van der Waals surface area contributed by atoms with E-state index < -0.39 is 0 Å². The van der Waals surface area contributed by atoms with Crippen molar-refractivity contribution in [1.82, 2.24) is 15.2 Å². The Morgan fingerprint density at radius 3 is 3.00 bits per heavy atom. The van der Waals surface area contributed by atoms with Crippen LogP contribution in [0, 0.1) is 5.82 Å². The molecule has 0 atom stereocenters. The second-order valence-corrected chi connectivity index (χ2v) is 3.33. The average molecular weight is 218 g/mol. The van der Waals surface area contributed by atoms with Crippen LogP contribution in [0.2, 0.25) is 0 Å². The van der Waals surface area contributed by atoms with Gasteiger partial charge in [0.15, 0.2) is 5.58 Å². The topological polar surface area (TPSA) is 80.7 Å². The lowest BCUT2D eigenvalue weighted by atomic mass is 10.3. The smallest absolute Gasteiger partial charge is 0.232 e. The van der Waals surface area contributed by atoms with E-state index in [0.29, 0.717) is 28.4 Å². The fourth-order valence-electron chi connectivity index (χ4n) is 1.48. The molecule has 0 aliphatic carbocycles. The number of nitrogen functional groups attached to an aromatic ring is 1. The van der Waals surface area contributed by atoms with Crippen LogP contribution in [0.3, 0.4) is 0 Å². The van der Waals surface area contributed by atoms with E-state index >= 15 is 0 Å². The van der Waals surface area contributed by atoms with E-state index in [1.54, 1.807) is 6.07 Å². The third kappa shape index (κ3) is 1.23. The van der Waals surface area contributed by atoms with E-state index in [0.717, 1.165) is 0 Å². The molecule has 5 nitrogen and oxygen atoms in total. The number of halogens is 1. The lowest BCUT2D eigenvalue weighted by molar-refractivity contribution is 0.602. The third-order valence-electron chi connectivity index (χ3n) is 2.25. The van der Waals surface area contributed by atoms with Crippen LogP contribution in [-0.4, -0.2) is 15.2 Å². The van der Waals surface area contributed by atoms with Gasteiger partial charge < -0.3 is 10.2 Å². The van der Waals surface area contributed by atoms with Crippen LogP contribution in [0.5, 0.6) is 0 Å². The molecule has 2 heterocycles. The maximum atomic E-state index is 12.9. The number of anilines is 1. The van der Waals surface area contributed by atoms with Crippen molar-refractivity contribution in [3.63, 3.8) is 0 Å². The number of oxazole rings is 1. The number of hydrogen-bond acceptors (Lipinski definition) is 4. The van der Waals surface area contributed by atoms with Crippen LogP contribution in [-0.2, 0) is 0 Å². The summed E-state index contributed by atoms with van der Waals surface area (Å²) in [6, 6.07) is 4.16. The highest BCUT2D eigenvalue weighted by atomic mass is 19.1. The molecule has 0 unspecified atom stereocenters. The molecule has 2 aromatic heterocycles. The average Bonchev–Trinajstić information content (AvgIpc) is 2.82. The van der Waals surface area contributed by atoms with Crippen molar-refractivity contribution in [2.75, 3.05) is 5.73 Å². The second-order valence-electron chi connectivity index (χ2n) is 3.33. The van der Waals surface area contributed by atoms with Crippen molar-refractivity contribution in [1.29, 1.82) is 0 Å². The number of benzene rings is 1. The highest BCUT2D eigenvalue weighted by Gasteiger charge is 2.12. The van der Waals surface area contributed by atoms with Crippen molar-refractivity contribution in [3.05, 3.63) is 30.2 Å². The van der Waals surface area contributed by atoms with Gasteiger partial charge in [0.25, 0.3) is 0 Å². The Bertz CT molecular complexity index is 658. The molecule has 0 radical (unpaired) electrons. The Morgan fingerprint density at radius 1 is 1.38 bits per heavy atom. The standard InChI is InChI=1S/C10H7FN4O/c11-5-1-2-7-8(3-5)16-10(14-7)6-4-13-15-9(6)12/h1-4H,(H3,12,13,15). The Kier molecular flexibility index (Phi) is 1.70. The SMILES string of the molecule is Nc1[nH]ncc1-c1nc2ccc(F)cc2o1. The maximum absolute atomic E-state index is 12.9. The molecule has 16 heavy (non-hydrogen) atoms. The zero-order valence-electron chi connectivity index (χ0n) is 8.07. The maximum Gasteiger partial charge on any atom is 0.232 e. The highest BCUT2D eigenvalue weighted by molar-refractivity contribution is 5.78. The fraction of sp³-hybridized carbons (Fsp3) is 0. The summed E-state index contributed by atoms with van der Waals surface area (Å²) >= 11 is 0. The van der Waals surface area contributed by atoms with Gasteiger partial charge in [-0.3, -0.25) is 5.10 Å². The number of nitrogens with zero attached hydrogens (tertiary/aromatic N) is 2. The number of nitrogens with two attached hydrogens (primary N) is 1. The molecule has 3 N–H and O–H groups in total. The minimum absolute atomic E-state index is 0.326. The summed E-state index contributed by atoms with van der Waals surface area (Å²) in [5, 5.41) is 6.34. The second kappa shape index (κ2) is 3.06. The Hall–Kier alpha value is -2.37. The van der Waals surface area contributed by atoms with Gasteiger partial charge >= 0.3 is 0 Å². The molecule has 0 bridgehead atoms. The Balaban J connectivity index is 2.23. The zero-order chi connectivity index (χ0) is 11.1. The van der Waals surface area contributed by atoms with Crippen LogP contribution in [0.1, 0.15) is 0 Å². The molecular weight excluding hydrogens is 211 g/mol. The van der Waals surface area contributed by atoms with Crippen LogP contribution in [0.4, 0.5) is 10.2 Å². The van der Waals surface area contributed by atoms with Crippen LogP contribution >= 0.6 is 0 Å². The fourth-order valence-corrected chi connectivity index (χ4v) is 1.48. The normalized spacial score (nSPS) is 11.1. The number of aromatic nitrogens is 3. The summed E-state index contributed by atoms with van der Waals surface area (Å²) in [6.07, 6.45) is 1.51. The number of nitrogens with one attached hydrogen (secondary N) is 1. The van der Waals surface area contributed by atoms with Gasteiger partial charge in [-0.15, -0.1) is 0 Å². The number of aromatic amines is 1. The molecule has 6 heteroatoms. The molecule has 0 spiro atoms. The van der Waals surface area contributed by atoms with Crippen molar-refractivity contribution in [2.45, 2.75) is 0 Å². The summed E-state index contributed by atoms with van der Waals surface area (Å²) in [7, 11) is 0. The largest absolute Gasteiger partial charge is 0.436 e. The molecule has 0 saturated carbocycles. The van der Waals surface area contributed by atoms with E-state index in [-0.39, 0.29) is 5.82 Å². The number of H-pyrrole nitrogens is 1. The van der Waals surface area contributed by atoms with Gasteiger partial charge in [-0.05, 0) is 12.1 Å². The third-order valence-corrected chi connectivity index (χ3v) is 2.25. The van der Waals surface area contributed by atoms with Gasteiger partial charge in [0.2, 0.25) is 5.89 Å². The summed E-state index contributed by atoms with van der Waals surface area (Å²) in [4.78, 5) is 4.18. The molecule has 1 aromatic carbocycles. The van der Waals surface area contributed by atoms with E-state index in [1.807, 2.05) is 0 Å². The first kappa shape index (κ1) is 8.90. The molecule has 0 aliphatic rings. The van der Waals surface area contributed by atoms with Crippen molar-refractivity contribution >= 4 is 16.9 Å². The Labute approximate surface area is 89.1 Å². The quantitative estimate of drug-likeness (QED) is 0.654. The van der Waals surface area contributed by atoms with Crippen molar-refractivity contribution in [3.8, 4) is 11.5 Å². The van der Waals surface area contributed by atoms with Gasteiger partial charge in [0, 0.05) is 6.07 Å². The number of hydrogen-bond donors (Lipinski definition) is 2. The van der Waals surface area contributed by atoms with Gasteiger partial charge in [-0.25, -0.2) is 9.37 Å². The minimum Gasteiger partial charge on any atom is -0.436 e. The predicted octanol–water partition coefficient (Wildman–Crippen LogP) is 1.94. The first-order valence-electron chi connectivity index (χ1n) is 4.59. The molecule has 0 saturated heterocycles. The van der Waals surface area contributed by atoms with Crippen LogP contribution in [0.15, 0.2) is 28.8 Å². The zero-order valence-corrected chi connectivity index (χ0v) is 8.07. The van der Waals surface area contributed by atoms with Gasteiger partial charge in [0.05, 0.1) is 11.8 Å². The van der Waals surface area contributed by atoms with Gasteiger partial charge in [0.1, 0.15) is 17.2 Å². The predicted molar refractivity (Wildman–Crippen MR) is 56.0 cm³/mol. The molecular formula is C10H7FN4O. The van der Waals surface area contributed by atoms with E-state index in [1.165, 1.54) is 18.3 Å². The van der Waals surface area contributed by atoms with E-state index in [2.05, 4.69) is 15.2 Å². The van der Waals surface area contributed by atoms with E-state index in [9.17, 15) is 4.39 Å². The molecule has 0 amide bonds. The molecule has 0 aliphatic heterocycles. The lowest BCUT2D eigenvalue weighted by Crippen LogP contribution is -1.87. The van der Waals surface area contributed by atoms with Gasteiger partial charge in [-0.1, -0.05) is 0 Å². The molecule has 3 rings (SSSR count). The molecule has 0 fully saturated rings. The van der Waals surface area contributed by atoms with Crippen LogP contribution < -0.4 is 5.73 Å². The first-order valence-corrected chi connectivity index (χ1v) is 4.59. The van der Waals surface area contributed by atoms with Crippen LogP contribution in [0.25, 0.3) is 22.6 Å². The van der Waals surface area contributed by atoms with Gasteiger partial charge in [-0.2, -0.15) is 5.10 Å². The van der Waals surface area contributed by atoms with E-state index in [4.69, 9.17) is 10.2 Å². The Morgan fingerprint density at radius 2 is 2.25 bits per heavy atom. The minimum atomic E-state index is -0.365. The first-order chi connectivity index (χ1) is 7.74.